The number of carbonyl (C=O) groups is 1. The molecule has 0 radical (unpaired) electrons. The molecule has 0 amide bonds. The van der Waals surface area contributed by atoms with E-state index in [9.17, 15) is 18.0 Å². The van der Waals surface area contributed by atoms with Crippen LogP contribution < -0.4 is 20.9 Å². The fraction of sp³-hybridized carbons (Fsp3) is 0.259. The van der Waals surface area contributed by atoms with E-state index in [0.717, 1.165) is 15.8 Å². The third kappa shape index (κ3) is 8.87. The van der Waals surface area contributed by atoms with E-state index in [1.807, 2.05) is 30.3 Å². The Labute approximate surface area is 242 Å². The van der Waals surface area contributed by atoms with E-state index in [4.69, 9.17) is 35.3 Å². The summed E-state index contributed by atoms with van der Waals surface area (Å²) in [5.74, 6) is -1.35. The molecule has 13 nitrogen and oxygen atoms in total. The molecule has 43 heavy (non-hydrogen) atoms. The van der Waals surface area contributed by atoms with Gasteiger partial charge in [-0.2, -0.15) is 13.2 Å². The Balaban J connectivity index is 0.000000646. The molecule has 0 bridgehead atoms. The first kappa shape index (κ1) is 32.3. The number of aliphatic carboxylic acids is 1. The lowest BCUT2D eigenvalue weighted by atomic mass is 9.90. The van der Waals surface area contributed by atoms with Crippen molar-refractivity contribution >= 4 is 11.8 Å². The molecule has 1 atom stereocenters. The maximum Gasteiger partial charge on any atom is 0.490 e. The second-order valence-corrected chi connectivity index (χ2v) is 8.70. The van der Waals surface area contributed by atoms with Crippen molar-refractivity contribution in [3.05, 3.63) is 93.9 Å². The van der Waals surface area contributed by atoms with Gasteiger partial charge >= 0.3 is 17.8 Å². The van der Waals surface area contributed by atoms with Gasteiger partial charge in [-0.3, -0.25) is 10.4 Å². The number of methoxy groups -OCH3 is 2. The topological polar surface area (TPSA) is 191 Å². The lowest BCUT2D eigenvalue weighted by Crippen LogP contribution is -2.21. The summed E-state index contributed by atoms with van der Waals surface area (Å²) in [5.41, 5.74) is 7.61. The molecule has 228 valence electrons. The Morgan fingerprint density at radius 2 is 1.74 bits per heavy atom. The number of aromatic nitrogens is 5. The van der Waals surface area contributed by atoms with E-state index < -0.39 is 17.8 Å². The molecule has 0 saturated heterocycles. The van der Waals surface area contributed by atoms with Crippen LogP contribution in [0.4, 0.5) is 13.2 Å². The van der Waals surface area contributed by atoms with Gasteiger partial charge in [0.25, 0.3) is 5.95 Å². The Morgan fingerprint density at radius 3 is 2.30 bits per heavy atom. The molecule has 0 aliphatic heterocycles. The van der Waals surface area contributed by atoms with Gasteiger partial charge in [0.2, 0.25) is 0 Å². The van der Waals surface area contributed by atoms with Gasteiger partial charge in [-0.1, -0.05) is 30.3 Å². The Bertz CT molecular complexity index is 1570. The molecule has 0 saturated carbocycles. The van der Waals surface area contributed by atoms with E-state index in [1.54, 1.807) is 44.8 Å². The highest BCUT2D eigenvalue weighted by molar-refractivity contribution is 5.94. The van der Waals surface area contributed by atoms with Crippen molar-refractivity contribution in [2.75, 3.05) is 27.4 Å². The molecule has 0 aliphatic carbocycles. The normalized spacial score (nSPS) is 11.7. The molecular weight excluding hydrogens is 575 g/mol. The fourth-order valence-corrected chi connectivity index (χ4v) is 3.72. The smallest absolute Gasteiger partial charge is 0.490 e. The van der Waals surface area contributed by atoms with Crippen molar-refractivity contribution in [2.45, 2.75) is 18.5 Å². The molecule has 0 fully saturated rings. The van der Waals surface area contributed by atoms with Crippen molar-refractivity contribution < 1.29 is 37.3 Å². The zero-order valence-corrected chi connectivity index (χ0v) is 23.0. The molecule has 2 aromatic heterocycles. The van der Waals surface area contributed by atoms with Crippen molar-refractivity contribution in [2.24, 2.45) is 5.73 Å². The number of aromatic amines is 1. The molecule has 2 heterocycles. The van der Waals surface area contributed by atoms with Crippen LogP contribution in [0, 0.1) is 5.41 Å². The van der Waals surface area contributed by atoms with Crippen LogP contribution in [0.3, 0.4) is 0 Å². The van der Waals surface area contributed by atoms with Gasteiger partial charge in [-0.05, 0) is 35.7 Å². The maximum absolute atomic E-state index is 12.7. The summed E-state index contributed by atoms with van der Waals surface area (Å²) in [6.07, 6.45) is -1.48. The van der Waals surface area contributed by atoms with Crippen LogP contribution in [0.1, 0.15) is 28.4 Å². The summed E-state index contributed by atoms with van der Waals surface area (Å²) < 4.78 is 49.3. The summed E-state index contributed by atoms with van der Waals surface area (Å²) >= 11 is 0. The van der Waals surface area contributed by atoms with Gasteiger partial charge in [0.05, 0.1) is 13.7 Å². The number of alkyl halides is 3. The number of nitrogens with one attached hydrogen (secondary N) is 2. The number of benzene rings is 2. The number of hydrogen-bond acceptors (Lipinski definition) is 9. The largest absolute Gasteiger partial charge is 0.493 e. The Morgan fingerprint density at radius 1 is 1.09 bits per heavy atom. The number of nitrogens with zero attached hydrogens (tertiary/aromatic N) is 4. The number of hydrogen-bond donors (Lipinski definition) is 4. The van der Waals surface area contributed by atoms with Crippen molar-refractivity contribution in [1.29, 1.82) is 5.41 Å². The average molecular weight is 604 g/mol. The minimum Gasteiger partial charge on any atom is -0.493 e. The molecule has 16 heteroatoms. The minimum atomic E-state index is -5.08. The van der Waals surface area contributed by atoms with Crippen molar-refractivity contribution in [3.63, 3.8) is 0 Å². The first-order valence-corrected chi connectivity index (χ1v) is 12.4. The van der Waals surface area contributed by atoms with Gasteiger partial charge < -0.3 is 25.1 Å². The van der Waals surface area contributed by atoms with Crippen LogP contribution in [0.5, 0.6) is 11.5 Å². The van der Waals surface area contributed by atoms with E-state index >= 15 is 0 Å². The molecule has 4 aromatic rings. The number of amidine groups is 1. The van der Waals surface area contributed by atoms with E-state index in [2.05, 4.69) is 20.1 Å². The van der Waals surface area contributed by atoms with Crippen LogP contribution in [0.15, 0.2) is 65.7 Å². The van der Waals surface area contributed by atoms with Gasteiger partial charge in [0, 0.05) is 31.0 Å². The lowest BCUT2D eigenvalue weighted by Gasteiger charge is -2.18. The summed E-state index contributed by atoms with van der Waals surface area (Å²) in [6, 6.07) is 14.7. The average Bonchev–Trinajstić information content (AvgIpc) is 3.37. The number of carboxylic acids is 1. The van der Waals surface area contributed by atoms with Gasteiger partial charge in [0.15, 0.2) is 11.5 Å². The third-order valence-electron chi connectivity index (χ3n) is 5.79. The third-order valence-corrected chi connectivity index (χ3v) is 5.79. The molecule has 1 unspecified atom stereocenters. The van der Waals surface area contributed by atoms with Gasteiger partial charge in [-0.25, -0.2) is 19.6 Å². The number of nitrogens with two attached hydrogens (primary N) is 1. The molecule has 5 N–H and O–H groups in total. The van der Waals surface area contributed by atoms with Crippen LogP contribution in [0.2, 0.25) is 0 Å². The number of ether oxygens (including phenoxy) is 3. The monoisotopic (exact) mass is 603 g/mol. The highest BCUT2D eigenvalue weighted by Crippen LogP contribution is 2.34. The summed E-state index contributed by atoms with van der Waals surface area (Å²) in [4.78, 5) is 32.8. The first-order valence-electron chi connectivity index (χ1n) is 12.4. The molecule has 4 rings (SSSR count). The maximum atomic E-state index is 12.7. The Kier molecular flexibility index (Phi) is 10.9. The molecule has 0 aliphatic rings. The van der Waals surface area contributed by atoms with Crippen LogP contribution in [0.25, 0.3) is 5.95 Å². The lowest BCUT2D eigenvalue weighted by molar-refractivity contribution is -0.192. The second-order valence-electron chi connectivity index (χ2n) is 8.70. The number of nitrogen functional groups attached to an aromatic ring is 1. The van der Waals surface area contributed by atoms with Crippen molar-refractivity contribution in [3.8, 4) is 17.4 Å². The second kappa shape index (κ2) is 14.6. The van der Waals surface area contributed by atoms with Crippen LogP contribution >= 0.6 is 0 Å². The predicted molar refractivity (Wildman–Crippen MR) is 147 cm³/mol. The number of rotatable bonds is 11. The SMILES string of the molecule is COCCOc1ccc(C(Cc2ccc(C(=N)N)cc2)c2nn(-c3ncccn3)c(=O)[nH]2)cc1OC.O=C(O)C(F)(F)F. The van der Waals surface area contributed by atoms with Gasteiger partial charge in [0.1, 0.15) is 18.3 Å². The minimum absolute atomic E-state index is 0.00201. The van der Waals surface area contributed by atoms with E-state index in [-0.39, 0.29) is 17.7 Å². The number of carboxylic acid groups (broad SMARTS) is 1. The number of halogens is 3. The highest BCUT2D eigenvalue weighted by atomic mass is 19.4. The highest BCUT2D eigenvalue weighted by Gasteiger charge is 2.38. The zero-order chi connectivity index (χ0) is 31.6. The predicted octanol–water partition coefficient (Wildman–Crippen LogP) is 2.68. The number of H-pyrrole nitrogens is 1. The van der Waals surface area contributed by atoms with Crippen molar-refractivity contribution in [1.82, 2.24) is 24.7 Å². The quantitative estimate of drug-likeness (QED) is 0.113. The standard InChI is InChI=1S/C25H27N7O4.C2HF3O2/c1-34-12-13-36-20-9-8-18(15-21(20)35-2)19(14-16-4-6-17(7-5-16)22(26)27)23-30-25(33)32(31-23)24-28-10-3-11-29-24;3-2(4,5)1(6)7/h3-11,15,19H,12-14H2,1-2H3,(H3,26,27)(H,30,31,33);(H,6,7). The van der Waals surface area contributed by atoms with E-state index in [0.29, 0.717) is 42.5 Å². The summed E-state index contributed by atoms with van der Waals surface area (Å²) in [5, 5.41) is 19.3. The molecular formula is C27H28F3N7O6. The van der Waals surface area contributed by atoms with Crippen LogP contribution in [-0.2, 0) is 16.0 Å². The Hall–Kier alpha value is -5.25. The zero-order valence-electron chi connectivity index (χ0n) is 23.0. The van der Waals surface area contributed by atoms with Crippen LogP contribution in [-0.4, -0.2) is 75.3 Å². The first-order chi connectivity index (χ1) is 20.4. The summed E-state index contributed by atoms with van der Waals surface area (Å²) in [7, 11) is 3.18. The van der Waals surface area contributed by atoms with Gasteiger partial charge in [-0.15, -0.1) is 9.78 Å². The summed E-state index contributed by atoms with van der Waals surface area (Å²) in [6.45, 7) is 0.830. The molecule has 2 aromatic carbocycles. The van der Waals surface area contributed by atoms with E-state index in [1.165, 1.54) is 0 Å². The fourth-order valence-electron chi connectivity index (χ4n) is 3.72. The molecule has 0 spiro atoms.